The summed E-state index contributed by atoms with van der Waals surface area (Å²) >= 11 is 0. The van der Waals surface area contributed by atoms with Crippen molar-refractivity contribution in [3.63, 3.8) is 0 Å². The molecule has 7 heteroatoms. The van der Waals surface area contributed by atoms with Gasteiger partial charge in [-0.15, -0.1) is 0 Å². The van der Waals surface area contributed by atoms with Crippen LogP contribution in [0.15, 0.2) is 91.0 Å². The van der Waals surface area contributed by atoms with Gasteiger partial charge >= 0.3 is 0 Å². The van der Waals surface area contributed by atoms with Gasteiger partial charge in [-0.25, -0.2) is 8.42 Å². The maximum Gasteiger partial charge on any atom is 0.255 e. The number of fused-ring (bicyclic) bond motifs is 1. The quantitative estimate of drug-likeness (QED) is 0.381. The Bertz CT molecular complexity index is 1410. The number of sulfonamides is 1. The Labute approximate surface area is 199 Å². The van der Waals surface area contributed by atoms with E-state index in [0.717, 1.165) is 21.9 Å². The monoisotopic (exact) mass is 474 g/mol. The van der Waals surface area contributed by atoms with Gasteiger partial charge in [-0.1, -0.05) is 60.7 Å². The zero-order valence-corrected chi connectivity index (χ0v) is 19.9. The molecule has 174 valence electrons. The first-order valence-corrected chi connectivity index (χ1v) is 12.6. The zero-order chi connectivity index (χ0) is 24.1. The smallest absolute Gasteiger partial charge is 0.255 e. The molecule has 0 saturated heterocycles. The summed E-state index contributed by atoms with van der Waals surface area (Å²) in [7, 11) is -1.92. The number of nitrogens with one attached hydrogen (secondary N) is 1. The molecule has 0 unspecified atom stereocenters. The van der Waals surface area contributed by atoms with E-state index in [1.54, 1.807) is 31.4 Å². The SMILES string of the molecule is COCc1cccc(NC(=O)c2ccc(CN(c3cccc4ccccc34)S(C)(=O)=O)cc2)c1. The lowest BCUT2D eigenvalue weighted by atomic mass is 10.1. The third-order valence-corrected chi connectivity index (χ3v) is 6.60. The van der Waals surface area contributed by atoms with E-state index in [1.165, 1.54) is 10.6 Å². The molecule has 0 aliphatic heterocycles. The molecule has 4 aromatic carbocycles. The topological polar surface area (TPSA) is 75.7 Å². The van der Waals surface area contributed by atoms with Crippen LogP contribution in [0, 0.1) is 0 Å². The number of hydrogen-bond donors (Lipinski definition) is 1. The molecule has 0 radical (unpaired) electrons. The highest BCUT2D eigenvalue weighted by Crippen LogP contribution is 2.29. The first-order valence-electron chi connectivity index (χ1n) is 10.8. The normalized spacial score (nSPS) is 11.4. The van der Waals surface area contributed by atoms with Crippen molar-refractivity contribution in [3.05, 3.63) is 108 Å². The van der Waals surface area contributed by atoms with Gasteiger partial charge in [-0.05, 0) is 46.8 Å². The van der Waals surface area contributed by atoms with E-state index in [2.05, 4.69) is 5.32 Å². The molecule has 0 saturated carbocycles. The molecule has 4 aromatic rings. The summed E-state index contributed by atoms with van der Waals surface area (Å²) in [6.45, 7) is 0.625. The fraction of sp³-hybridized carbons (Fsp3) is 0.148. The van der Waals surface area contributed by atoms with Gasteiger partial charge in [0.15, 0.2) is 0 Å². The highest BCUT2D eigenvalue weighted by molar-refractivity contribution is 7.92. The van der Waals surface area contributed by atoms with Gasteiger partial charge in [0.1, 0.15) is 0 Å². The van der Waals surface area contributed by atoms with E-state index in [9.17, 15) is 13.2 Å². The lowest BCUT2D eigenvalue weighted by molar-refractivity contribution is 0.102. The van der Waals surface area contributed by atoms with Crippen molar-refractivity contribution in [1.29, 1.82) is 0 Å². The maximum absolute atomic E-state index is 12.7. The largest absolute Gasteiger partial charge is 0.380 e. The number of benzene rings is 4. The molecule has 0 spiro atoms. The molecule has 0 aromatic heterocycles. The Morgan fingerprint density at radius 3 is 2.32 bits per heavy atom. The molecule has 0 fully saturated rings. The molecule has 1 amide bonds. The van der Waals surface area contributed by atoms with Crippen molar-refractivity contribution in [2.24, 2.45) is 0 Å². The number of rotatable bonds is 8. The second-order valence-electron chi connectivity index (χ2n) is 8.05. The number of carbonyl (C=O) groups is 1. The third-order valence-electron chi connectivity index (χ3n) is 5.47. The first-order chi connectivity index (χ1) is 16.3. The van der Waals surface area contributed by atoms with Crippen LogP contribution in [-0.4, -0.2) is 27.7 Å². The van der Waals surface area contributed by atoms with Crippen molar-refractivity contribution in [2.75, 3.05) is 23.0 Å². The van der Waals surface area contributed by atoms with E-state index >= 15 is 0 Å². The molecule has 1 N–H and O–H groups in total. The number of nitrogens with zero attached hydrogens (tertiary/aromatic N) is 1. The zero-order valence-electron chi connectivity index (χ0n) is 19.1. The van der Waals surface area contributed by atoms with E-state index in [1.807, 2.05) is 66.7 Å². The van der Waals surface area contributed by atoms with Crippen molar-refractivity contribution in [3.8, 4) is 0 Å². The molecule has 0 aliphatic rings. The van der Waals surface area contributed by atoms with Crippen LogP contribution in [0.25, 0.3) is 10.8 Å². The average Bonchev–Trinajstić information content (AvgIpc) is 2.82. The predicted octanol–water partition coefficient (Wildman–Crippen LogP) is 5.20. The third kappa shape index (κ3) is 5.44. The molecular weight excluding hydrogens is 448 g/mol. The molecular formula is C27H26N2O4S. The van der Waals surface area contributed by atoms with Crippen LogP contribution in [0.4, 0.5) is 11.4 Å². The van der Waals surface area contributed by atoms with Gasteiger partial charge in [0, 0.05) is 23.7 Å². The van der Waals surface area contributed by atoms with Crippen LogP contribution in [0.3, 0.4) is 0 Å². The minimum absolute atomic E-state index is 0.161. The van der Waals surface area contributed by atoms with Gasteiger partial charge < -0.3 is 10.1 Å². The van der Waals surface area contributed by atoms with E-state index in [0.29, 0.717) is 23.5 Å². The van der Waals surface area contributed by atoms with Crippen LogP contribution in [0.1, 0.15) is 21.5 Å². The number of amides is 1. The minimum atomic E-state index is -3.54. The summed E-state index contributed by atoms with van der Waals surface area (Å²) in [5, 5.41) is 4.72. The van der Waals surface area contributed by atoms with Crippen LogP contribution in [0.5, 0.6) is 0 Å². The summed E-state index contributed by atoms with van der Waals surface area (Å²) in [4.78, 5) is 12.7. The number of carbonyl (C=O) groups excluding carboxylic acids is 1. The molecule has 0 heterocycles. The molecule has 34 heavy (non-hydrogen) atoms. The van der Waals surface area contributed by atoms with Crippen molar-refractivity contribution in [1.82, 2.24) is 0 Å². The lowest BCUT2D eigenvalue weighted by Crippen LogP contribution is -2.29. The summed E-state index contributed by atoms with van der Waals surface area (Å²) in [5.41, 5.74) is 3.53. The summed E-state index contributed by atoms with van der Waals surface area (Å²) < 4.78 is 31.9. The van der Waals surface area contributed by atoms with Crippen LogP contribution in [0.2, 0.25) is 0 Å². The van der Waals surface area contributed by atoms with Crippen LogP contribution in [-0.2, 0) is 27.9 Å². The van der Waals surface area contributed by atoms with Gasteiger partial charge in [0.05, 0.1) is 25.1 Å². The Morgan fingerprint density at radius 1 is 0.882 bits per heavy atom. The highest BCUT2D eigenvalue weighted by atomic mass is 32.2. The number of methoxy groups -OCH3 is 1. The molecule has 0 aliphatic carbocycles. The molecule has 4 rings (SSSR count). The van der Waals surface area contributed by atoms with Gasteiger partial charge in [0.25, 0.3) is 5.91 Å². The number of anilines is 2. The Hall–Kier alpha value is -3.68. The summed E-state index contributed by atoms with van der Waals surface area (Å²) in [5.74, 6) is -0.241. The molecule has 0 atom stereocenters. The fourth-order valence-corrected chi connectivity index (χ4v) is 4.74. The fourth-order valence-electron chi connectivity index (χ4n) is 3.84. The van der Waals surface area contributed by atoms with E-state index in [-0.39, 0.29) is 12.5 Å². The van der Waals surface area contributed by atoms with E-state index in [4.69, 9.17) is 4.74 Å². The average molecular weight is 475 g/mol. The number of hydrogen-bond acceptors (Lipinski definition) is 4. The van der Waals surface area contributed by atoms with Crippen molar-refractivity contribution >= 4 is 38.1 Å². The summed E-state index contributed by atoms with van der Waals surface area (Å²) in [6, 6.07) is 27.7. The number of ether oxygens (including phenoxy) is 1. The van der Waals surface area contributed by atoms with Crippen LogP contribution < -0.4 is 9.62 Å². The maximum atomic E-state index is 12.7. The Balaban J connectivity index is 1.54. The van der Waals surface area contributed by atoms with Crippen molar-refractivity contribution in [2.45, 2.75) is 13.2 Å². The Kier molecular flexibility index (Phi) is 6.95. The van der Waals surface area contributed by atoms with Gasteiger partial charge in [-0.3, -0.25) is 9.10 Å². The van der Waals surface area contributed by atoms with Crippen LogP contribution >= 0.6 is 0 Å². The summed E-state index contributed by atoms with van der Waals surface area (Å²) in [6.07, 6.45) is 1.20. The Morgan fingerprint density at radius 2 is 1.59 bits per heavy atom. The van der Waals surface area contributed by atoms with E-state index < -0.39 is 10.0 Å². The second-order valence-corrected chi connectivity index (χ2v) is 9.96. The second kappa shape index (κ2) is 10.1. The van der Waals surface area contributed by atoms with Gasteiger partial charge in [0.2, 0.25) is 10.0 Å². The van der Waals surface area contributed by atoms with Gasteiger partial charge in [-0.2, -0.15) is 0 Å². The highest BCUT2D eigenvalue weighted by Gasteiger charge is 2.20. The van der Waals surface area contributed by atoms with Crippen molar-refractivity contribution < 1.29 is 17.9 Å². The molecule has 6 nitrogen and oxygen atoms in total. The standard InChI is InChI=1S/C27H26N2O4S/c1-33-19-21-7-5-10-24(17-21)28-27(30)23-15-13-20(14-16-23)18-29(34(2,31)32)26-12-6-9-22-8-3-4-11-25(22)26/h3-17H,18-19H2,1-2H3,(H,28,30). The lowest BCUT2D eigenvalue weighted by Gasteiger charge is -2.24. The molecule has 0 bridgehead atoms. The predicted molar refractivity (Wildman–Crippen MR) is 137 cm³/mol. The minimum Gasteiger partial charge on any atom is -0.380 e. The first kappa shape index (κ1) is 23.5.